The molecule has 29 heavy (non-hydrogen) atoms. The molecule has 0 bridgehead atoms. The molecule has 1 aromatic carbocycles. The zero-order chi connectivity index (χ0) is 20.3. The number of ether oxygens (including phenoxy) is 1. The number of aromatic nitrogens is 2. The van der Waals surface area contributed by atoms with Crippen LogP contribution in [0.15, 0.2) is 52.7 Å². The van der Waals surface area contributed by atoms with Crippen LogP contribution in [0.25, 0.3) is 10.6 Å². The van der Waals surface area contributed by atoms with Gasteiger partial charge >= 0.3 is 0 Å². The number of carbonyl (C=O) groups excluding carboxylic acids is 1. The molecule has 1 amide bonds. The summed E-state index contributed by atoms with van der Waals surface area (Å²) in [6.07, 6.45) is 0. The van der Waals surface area contributed by atoms with Crippen molar-refractivity contribution >= 4 is 27.3 Å². The van der Waals surface area contributed by atoms with Gasteiger partial charge in [0.05, 0.1) is 28.7 Å². The summed E-state index contributed by atoms with van der Waals surface area (Å²) in [5, 5.41) is 11.7. The van der Waals surface area contributed by atoms with E-state index in [0.29, 0.717) is 32.0 Å². The lowest BCUT2D eigenvalue weighted by atomic mass is 10.2. The Bertz CT molecular complexity index is 1070. The van der Waals surface area contributed by atoms with Crippen LogP contribution in [-0.2, 0) is 21.3 Å². The van der Waals surface area contributed by atoms with Gasteiger partial charge in [0, 0.05) is 19.6 Å². The fourth-order valence-corrected chi connectivity index (χ4v) is 5.08. The summed E-state index contributed by atoms with van der Waals surface area (Å²) >= 11 is 1.56. The SMILES string of the molecule is O=C(NCc1ccc(S(=O)(=O)N2CCOCC2)cc1)c1cc(-c2cccs2)[nH]n1. The van der Waals surface area contributed by atoms with Crippen LogP contribution >= 0.6 is 11.3 Å². The quantitative estimate of drug-likeness (QED) is 0.621. The molecule has 1 aliphatic rings. The Hall–Kier alpha value is -2.53. The van der Waals surface area contributed by atoms with E-state index >= 15 is 0 Å². The van der Waals surface area contributed by atoms with Crippen molar-refractivity contribution in [3.8, 4) is 10.6 Å². The van der Waals surface area contributed by atoms with E-state index in [4.69, 9.17) is 4.74 Å². The number of benzene rings is 1. The third kappa shape index (κ3) is 4.40. The summed E-state index contributed by atoms with van der Waals surface area (Å²) in [6.45, 7) is 1.81. The first-order chi connectivity index (χ1) is 14.0. The number of morpholine rings is 1. The first kappa shape index (κ1) is 19.8. The highest BCUT2D eigenvalue weighted by molar-refractivity contribution is 7.89. The first-order valence-corrected chi connectivity index (χ1v) is 11.4. The molecule has 0 aliphatic carbocycles. The molecule has 10 heteroatoms. The molecular weight excluding hydrogens is 412 g/mol. The fraction of sp³-hybridized carbons (Fsp3) is 0.263. The Morgan fingerprint density at radius 3 is 2.66 bits per heavy atom. The topological polar surface area (TPSA) is 104 Å². The highest BCUT2D eigenvalue weighted by Gasteiger charge is 2.26. The van der Waals surface area contributed by atoms with Crippen LogP contribution in [0.2, 0.25) is 0 Å². The van der Waals surface area contributed by atoms with E-state index in [1.54, 1.807) is 41.7 Å². The van der Waals surface area contributed by atoms with E-state index in [-0.39, 0.29) is 17.3 Å². The Morgan fingerprint density at radius 1 is 1.21 bits per heavy atom. The number of nitrogens with zero attached hydrogens (tertiary/aromatic N) is 2. The van der Waals surface area contributed by atoms with Gasteiger partial charge < -0.3 is 10.1 Å². The molecule has 2 N–H and O–H groups in total. The maximum Gasteiger partial charge on any atom is 0.272 e. The minimum absolute atomic E-state index is 0.238. The van der Waals surface area contributed by atoms with Crippen LogP contribution in [0.4, 0.5) is 0 Å². The average Bonchev–Trinajstić information content (AvgIpc) is 3.45. The lowest BCUT2D eigenvalue weighted by Gasteiger charge is -2.26. The molecule has 0 unspecified atom stereocenters. The number of amides is 1. The number of H-pyrrole nitrogens is 1. The van der Waals surface area contributed by atoms with Crippen LogP contribution in [0.1, 0.15) is 16.1 Å². The van der Waals surface area contributed by atoms with Crippen LogP contribution in [0.5, 0.6) is 0 Å². The van der Waals surface area contributed by atoms with Crippen molar-refractivity contribution in [3.05, 3.63) is 59.1 Å². The monoisotopic (exact) mass is 432 g/mol. The summed E-state index contributed by atoms with van der Waals surface area (Å²) in [6, 6.07) is 12.1. The smallest absolute Gasteiger partial charge is 0.272 e. The van der Waals surface area contributed by atoms with E-state index in [1.807, 2.05) is 17.5 Å². The lowest BCUT2D eigenvalue weighted by Crippen LogP contribution is -2.40. The van der Waals surface area contributed by atoms with E-state index < -0.39 is 10.0 Å². The number of hydrogen-bond donors (Lipinski definition) is 2. The maximum absolute atomic E-state index is 12.6. The largest absolute Gasteiger partial charge is 0.379 e. The van der Waals surface area contributed by atoms with Gasteiger partial charge in [-0.25, -0.2) is 8.42 Å². The fourth-order valence-electron chi connectivity index (χ4n) is 2.98. The van der Waals surface area contributed by atoms with Gasteiger partial charge in [0.1, 0.15) is 0 Å². The molecule has 1 fully saturated rings. The molecule has 0 atom stereocenters. The van der Waals surface area contributed by atoms with E-state index in [9.17, 15) is 13.2 Å². The predicted octanol–water partition coefficient (Wildman–Crippen LogP) is 2.09. The van der Waals surface area contributed by atoms with E-state index in [2.05, 4.69) is 15.5 Å². The molecule has 2 aromatic heterocycles. The molecule has 0 saturated carbocycles. The van der Waals surface area contributed by atoms with Crippen molar-refractivity contribution in [3.63, 3.8) is 0 Å². The Morgan fingerprint density at radius 2 is 1.97 bits per heavy atom. The van der Waals surface area contributed by atoms with Crippen LogP contribution < -0.4 is 5.32 Å². The second-order valence-electron chi connectivity index (χ2n) is 6.49. The summed E-state index contributed by atoms with van der Waals surface area (Å²) in [5.74, 6) is -0.297. The van der Waals surface area contributed by atoms with Crippen molar-refractivity contribution < 1.29 is 17.9 Å². The predicted molar refractivity (Wildman–Crippen MR) is 109 cm³/mol. The van der Waals surface area contributed by atoms with Gasteiger partial charge in [-0.15, -0.1) is 11.3 Å². The Kier molecular flexibility index (Phi) is 5.76. The Labute approximate surface area is 172 Å². The van der Waals surface area contributed by atoms with Gasteiger partial charge in [0.2, 0.25) is 10.0 Å². The molecule has 3 heterocycles. The van der Waals surface area contributed by atoms with Gasteiger partial charge in [-0.3, -0.25) is 9.89 Å². The van der Waals surface area contributed by atoms with Crippen molar-refractivity contribution in [1.29, 1.82) is 0 Å². The van der Waals surface area contributed by atoms with Crippen molar-refractivity contribution in [1.82, 2.24) is 19.8 Å². The second-order valence-corrected chi connectivity index (χ2v) is 9.37. The van der Waals surface area contributed by atoms with Gasteiger partial charge in [0.25, 0.3) is 5.91 Å². The zero-order valence-corrected chi connectivity index (χ0v) is 17.1. The van der Waals surface area contributed by atoms with Gasteiger partial charge in [-0.1, -0.05) is 18.2 Å². The summed E-state index contributed by atoms with van der Waals surface area (Å²) in [7, 11) is -3.52. The molecule has 3 aromatic rings. The number of nitrogens with one attached hydrogen (secondary N) is 2. The molecule has 0 radical (unpaired) electrons. The lowest BCUT2D eigenvalue weighted by molar-refractivity contribution is 0.0730. The Balaban J connectivity index is 1.37. The summed E-state index contributed by atoms with van der Waals surface area (Å²) < 4.78 is 31.9. The summed E-state index contributed by atoms with van der Waals surface area (Å²) in [4.78, 5) is 13.6. The molecule has 1 saturated heterocycles. The number of rotatable bonds is 6. The minimum Gasteiger partial charge on any atom is -0.379 e. The highest BCUT2D eigenvalue weighted by Crippen LogP contribution is 2.23. The molecule has 152 valence electrons. The van der Waals surface area contributed by atoms with Gasteiger partial charge in [-0.05, 0) is 35.2 Å². The number of hydrogen-bond acceptors (Lipinski definition) is 6. The van der Waals surface area contributed by atoms with Crippen LogP contribution in [0, 0.1) is 0 Å². The van der Waals surface area contributed by atoms with E-state index in [1.165, 1.54) is 4.31 Å². The third-order valence-corrected chi connectivity index (χ3v) is 7.40. The highest BCUT2D eigenvalue weighted by atomic mass is 32.2. The zero-order valence-electron chi connectivity index (χ0n) is 15.5. The van der Waals surface area contributed by atoms with Crippen LogP contribution in [0.3, 0.4) is 0 Å². The number of aromatic amines is 1. The number of thiophene rings is 1. The standard InChI is InChI=1S/C19H20N4O4S2/c24-19(17-12-16(21-22-17)18-2-1-11-28-18)20-13-14-3-5-15(6-4-14)29(25,26)23-7-9-27-10-8-23/h1-6,11-12H,7-10,13H2,(H,20,24)(H,21,22). The van der Waals surface area contributed by atoms with Crippen LogP contribution in [-0.4, -0.2) is 55.1 Å². The summed E-state index contributed by atoms with van der Waals surface area (Å²) in [5.41, 5.74) is 1.90. The number of carbonyl (C=O) groups is 1. The normalized spacial score (nSPS) is 15.3. The average molecular weight is 433 g/mol. The molecule has 8 nitrogen and oxygen atoms in total. The minimum atomic E-state index is -3.52. The van der Waals surface area contributed by atoms with Crippen molar-refractivity contribution in [2.45, 2.75) is 11.4 Å². The first-order valence-electron chi connectivity index (χ1n) is 9.08. The van der Waals surface area contributed by atoms with Crippen molar-refractivity contribution in [2.75, 3.05) is 26.3 Å². The van der Waals surface area contributed by atoms with Crippen molar-refractivity contribution in [2.24, 2.45) is 0 Å². The second kappa shape index (κ2) is 8.46. The molecular formula is C19H20N4O4S2. The number of sulfonamides is 1. The van der Waals surface area contributed by atoms with Gasteiger partial charge in [-0.2, -0.15) is 9.40 Å². The van der Waals surface area contributed by atoms with Gasteiger partial charge in [0.15, 0.2) is 5.69 Å². The molecule has 1 aliphatic heterocycles. The third-order valence-electron chi connectivity index (χ3n) is 4.58. The maximum atomic E-state index is 12.6. The molecule has 4 rings (SSSR count). The van der Waals surface area contributed by atoms with E-state index in [0.717, 1.165) is 16.1 Å². The molecule has 0 spiro atoms.